The Morgan fingerprint density at radius 3 is 2.37 bits per heavy atom. The van der Waals surface area contributed by atoms with E-state index in [0.29, 0.717) is 17.0 Å². The van der Waals surface area contributed by atoms with Crippen LogP contribution in [-0.4, -0.2) is 14.2 Å². The van der Waals surface area contributed by atoms with Gasteiger partial charge >= 0.3 is 0 Å². The van der Waals surface area contributed by atoms with Gasteiger partial charge in [0.25, 0.3) is 0 Å². The van der Waals surface area contributed by atoms with Crippen LogP contribution in [-0.2, 0) is 16.3 Å². The zero-order valence-electron chi connectivity index (χ0n) is 10.8. The molecule has 0 amide bonds. The van der Waals surface area contributed by atoms with E-state index in [0.717, 1.165) is 11.1 Å². The lowest BCUT2D eigenvalue weighted by molar-refractivity contribution is 0.595. The van der Waals surface area contributed by atoms with Gasteiger partial charge in [-0.05, 0) is 42.7 Å². The fraction of sp³-hybridized carbons (Fsp3) is 0.200. The predicted octanol–water partition coefficient (Wildman–Crippen LogP) is 2.59. The summed E-state index contributed by atoms with van der Waals surface area (Å²) in [7, 11) is -3.25. The Kier molecular flexibility index (Phi) is 3.90. The molecule has 0 spiro atoms. The van der Waals surface area contributed by atoms with E-state index in [-0.39, 0.29) is 5.75 Å². The molecule has 0 aliphatic carbocycles. The number of nitrogens with two attached hydrogens (primary N) is 1. The monoisotopic (exact) mass is 275 g/mol. The van der Waals surface area contributed by atoms with Crippen LogP contribution in [0.3, 0.4) is 0 Å². The molecule has 2 rings (SSSR count). The lowest BCUT2D eigenvalue weighted by Crippen LogP contribution is -2.09. The maximum Gasteiger partial charge on any atom is 0.178 e. The number of anilines is 1. The number of hydrogen-bond acceptors (Lipinski definition) is 3. The Hall–Kier alpha value is -1.81. The summed E-state index contributed by atoms with van der Waals surface area (Å²) in [5.74, 6) is 0.111. The lowest BCUT2D eigenvalue weighted by Gasteiger charge is -2.07. The molecule has 2 aromatic carbocycles. The molecule has 3 nitrogen and oxygen atoms in total. The minimum atomic E-state index is -3.25. The number of rotatable bonds is 4. The molecule has 0 radical (unpaired) electrons. The van der Waals surface area contributed by atoms with Crippen LogP contribution in [0.25, 0.3) is 0 Å². The van der Waals surface area contributed by atoms with E-state index in [2.05, 4.69) is 0 Å². The van der Waals surface area contributed by atoms with E-state index < -0.39 is 9.84 Å². The number of hydrogen-bond donors (Lipinski definition) is 1. The molecule has 0 bridgehead atoms. The predicted molar refractivity (Wildman–Crippen MR) is 77.8 cm³/mol. The first-order valence-corrected chi connectivity index (χ1v) is 7.77. The molecule has 0 unspecified atom stereocenters. The van der Waals surface area contributed by atoms with Crippen molar-refractivity contribution < 1.29 is 8.42 Å². The Balaban J connectivity index is 2.16. The van der Waals surface area contributed by atoms with Gasteiger partial charge in [0.1, 0.15) is 0 Å². The number of aryl methyl sites for hydroxylation is 2. The van der Waals surface area contributed by atoms with Crippen molar-refractivity contribution in [1.29, 1.82) is 0 Å². The molecule has 0 atom stereocenters. The molecule has 4 heteroatoms. The summed E-state index contributed by atoms with van der Waals surface area (Å²) in [6.45, 7) is 1.81. The summed E-state index contributed by atoms with van der Waals surface area (Å²) in [6.07, 6.45) is 0.520. The number of nitrogen functional groups attached to an aromatic ring is 1. The van der Waals surface area contributed by atoms with Crippen molar-refractivity contribution in [2.24, 2.45) is 0 Å². The summed E-state index contributed by atoms with van der Waals surface area (Å²) in [4.78, 5) is 0.343. The van der Waals surface area contributed by atoms with Gasteiger partial charge in [-0.3, -0.25) is 0 Å². The average molecular weight is 275 g/mol. The molecular weight excluding hydrogens is 258 g/mol. The van der Waals surface area contributed by atoms with E-state index in [1.54, 1.807) is 18.2 Å². The molecule has 0 aromatic heterocycles. The van der Waals surface area contributed by atoms with Gasteiger partial charge in [-0.2, -0.15) is 0 Å². The van der Waals surface area contributed by atoms with Crippen molar-refractivity contribution >= 4 is 15.5 Å². The van der Waals surface area contributed by atoms with Crippen LogP contribution in [0.2, 0.25) is 0 Å². The molecule has 0 aliphatic rings. The van der Waals surface area contributed by atoms with Crippen molar-refractivity contribution in [2.45, 2.75) is 18.2 Å². The smallest absolute Gasteiger partial charge is 0.178 e. The van der Waals surface area contributed by atoms with Gasteiger partial charge in [-0.1, -0.05) is 30.3 Å². The fourth-order valence-electron chi connectivity index (χ4n) is 1.86. The molecule has 0 fully saturated rings. The van der Waals surface area contributed by atoms with Crippen molar-refractivity contribution in [1.82, 2.24) is 0 Å². The van der Waals surface area contributed by atoms with Gasteiger partial charge in [-0.15, -0.1) is 0 Å². The zero-order chi connectivity index (χ0) is 13.9. The van der Waals surface area contributed by atoms with Crippen LogP contribution in [0.15, 0.2) is 53.4 Å². The van der Waals surface area contributed by atoms with Gasteiger partial charge in [0.05, 0.1) is 10.6 Å². The largest absolute Gasteiger partial charge is 0.399 e. The van der Waals surface area contributed by atoms with E-state index >= 15 is 0 Å². The Morgan fingerprint density at radius 2 is 1.74 bits per heavy atom. The fourth-order valence-corrected chi connectivity index (χ4v) is 3.23. The minimum absolute atomic E-state index is 0.111. The van der Waals surface area contributed by atoms with E-state index in [9.17, 15) is 8.42 Å². The Morgan fingerprint density at radius 1 is 1.05 bits per heavy atom. The van der Waals surface area contributed by atoms with E-state index in [1.807, 2.05) is 37.3 Å². The normalized spacial score (nSPS) is 11.4. The van der Waals surface area contributed by atoms with Crippen LogP contribution < -0.4 is 5.73 Å². The zero-order valence-corrected chi connectivity index (χ0v) is 11.7. The molecule has 2 N–H and O–H groups in total. The third kappa shape index (κ3) is 3.35. The van der Waals surface area contributed by atoms with Crippen LogP contribution in [0.5, 0.6) is 0 Å². The second kappa shape index (κ2) is 5.45. The van der Waals surface area contributed by atoms with Crippen molar-refractivity contribution in [3.63, 3.8) is 0 Å². The third-order valence-electron chi connectivity index (χ3n) is 3.10. The van der Waals surface area contributed by atoms with E-state index in [4.69, 9.17) is 5.73 Å². The lowest BCUT2D eigenvalue weighted by atomic mass is 10.2. The highest BCUT2D eigenvalue weighted by molar-refractivity contribution is 7.91. The summed E-state index contributed by atoms with van der Waals surface area (Å²) < 4.78 is 24.5. The quantitative estimate of drug-likeness (QED) is 0.872. The SMILES string of the molecule is Cc1cc(S(=O)(=O)CCc2ccccc2)ccc1N. The van der Waals surface area contributed by atoms with Crippen molar-refractivity contribution in [3.8, 4) is 0 Å². The first-order chi connectivity index (χ1) is 8.99. The van der Waals surface area contributed by atoms with Crippen molar-refractivity contribution in [3.05, 3.63) is 59.7 Å². The first kappa shape index (κ1) is 13.6. The summed E-state index contributed by atoms with van der Waals surface area (Å²) in [5.41, 5.74) is 8.13. The highest BCUT2D eigenvalue weighted by Crippen LogP contribution is 2.18. The maximum absolute atomic E-state index is 12.2. The molecule has 100 valence electrons. The highest BCUT2D eigenvalue weighted by atomic mass is 32.2. The number of sulfone groups is 1. The second-order valence-electron chi connectivity index (χ2n) is 4.57. The van der Waals surface area contributed by atoms with Gasteiger partial charge in [0.15, 0.2) is 9.84 Å². The molecular formula is C15H17NO2S. The van der Waals surface area contributed by atoms with Crippen LogP contribution in [0.4, 0.5) is 5.69 Å². The third-order valence-corrected chi connectivity index (χ3v) is 4.82. The maximum atomic E-state index is 12.2. The van der Waals surface area contributed by atoms with Gasteiger partial charge in [0.2, 0.25) is 0 Å². The van der Waals surface area contributed by atoms with Gasteiger partial charge in [-0.25, -0.2) is 8.42 Å². The minimum Gasteiger partial charge on any atom is -0.399 e. The molecule has 2 aromatic rings. The van der Waals surface area contributed by atoms with E-state index in [1.165, 1.54) is 0 Å². The highest BCUT2D eigenvalue weighted by Gasteiger charge is 2.15. The van der Waals surface area contributed by atoms with Crippen LogP contribution in [0.1, 0.15) is 11.1 Å². The first-order valence-electron chi connectivity index (χ1n) is 6.12. The van der Waals surface area contributed by atoms with Crippen molar-refractivity contribution in [2.75, 3.05) is 11.5 Å². The average Bonchev–Trinajstić information content (AvgIpc) is 2.41. The molecule has 19 heavy (non-hydrogen) atoms. The Bertz CT molecular complexity index is 664. The standard InChI is InChI=1S/C15H17NO2S/c1-12-11-14(7-8-15(12)16)19(17,18)10-9-13-5-3-2-4-6-13/h2-8,11H,9-10,16H2,1H3. The van der Waals surface area contributed by atoms with Gasteiger partial charge in [0, 0.05) is 5.69 Å². The van der Waals surface area contributed by atoms with Crippen LogP contribution >= 0.6 is 0 Å². The Labute approximate surface area is 114 Å². The molecule has 0 saturated heterocycles. The topological polar surface area (TPSA) is 60.2 Å². The van der Waals surface area contributed by atoms with Gasteiger partial charge < -0.3 is 5.73 Å². The summed E-state index contributed by atoms with van der Waals surface area (Å²) in [5, 5.41) is 0. The van der Waals surface area contributed by atoms with Crippen LogP contribution in [0, 0.1) is 6.92 Å². The molecule has 0 aliphatic heterocycles. The molecule has 0 saturated carbocycles. The molecule has 0 heterocycles. The summed E-state index contributed by atoms with van der Waals surface area (Å²) >= 11 is 0. The second-order valence-corrected chi connectivity index (χ2v) is 6.68. The number of benzene rings is 2. The summed E-state index contributed by atoms with van der Waals surface area (Å²) in [6, 6.07) is 14.5.